The first-order valence-corrected chi connectivity index (χ1v) is 6.86. The highest BCUT2D eigenvalue weighted by molar-refractivity contribution is 7.89. The molecule has 1 aromatic rings. The van der Waals surface area contributed by atoms with E-state index in [-0.39, 0.29) is 28.6 Å². The van der Waals surface area contributed by atoms with Crippen LogP contribution in [0.5, 0.6) is 0 Å². The molecule has 1 rings (SSSR count). The fraction of sp³-hybridized carbons (Fsp3) is 0.273. The zero-order valence-corrected chi connectivity index (χ0v) is 11.2. The Kier molecular flexibility index (Phi) is 4.69. The van der Waals surface area contributed by atoms with Gasteiger partial charge in [0.05, 0.1) is 22.7 Å². The van der Waals surface area contributed by atoms with Gasteiger partial charge < -0.3 is 0 Å². The first-order chi connectivity index (χ1) is 8.47. The Labute approximate surface area is 111 Å². The van der Waals surface area contributed by atoms with Crippen LogP contribution in [0.2, 0.25) is 5.02 Å². The molecule has 0 unspecified atom stereocenters. The van der Waals surface area contributed by atoms with Crippen LogP contribution in [0, 0.1) is 22.7 Å². The summed E-state index contributed by atoms with van der Waals surface area (Å²) < 4.78 is 25.4. The first-order valence-electron chi connectivity index (χ1n) is 5.04. The van der Waals surface area contributed by atoms with E-state index >= 15 is 0 Å². The van der Waals surface area contributed by atoms with Gasteiger partial charge in [0.25, 0.3) is 0 Å². The minimum absolute atomic E-state index is 0.0227. The molecule has 0 aliphatic rings. The summed E-state index contributed by atoms with van der Waals surface area (Å²) in [6, 6.07) is 7.59. The van der Waals surface area contributed by atoms with E-state index in [4.69, 9.17) is 22.1 Å². The van der Waals surface area contributed by atoms with E-state index < -0.39 is 10.0 Å². The van der Waals surface area contributed by atoms with Crippen molar-refractivity contribution in [2.75, 3.05) is 13.1 Å². The Hall–Kier alpha value is -1.60. The Morgan fingerprint density at radius 2 is 2.06 bits per heavy atom. The van der Waals surface area contributed by atoms with E-state index in [2.05, 4.69) is 0 Å². The Morgan fingerprint density at radius 1 is 1.39 bits per heavy atom. The summed E-state index contributed by atoms with van der Waals surface area (Å²) in [5.74, 6) is 0. The predicted molar refractivity (Wildman–Crippen MR) is 66.2 cm³/mol. The predicted octanol–water partition coefficient (Wildman–Crippen LogP) is 1.75. The molecule has 0 radical (unpaired) electrons. The van der Waals surface area contributed by atoms with Crippen molar-refractivity contribution in [3.8, 4) is 12.1 Å². The van der Waals surface area contributed by atoms with Gasteiger partial charge in [0.15, 0.2) is 0 Å². The Bertz CT molecular complexity index is 629. The van der Waals surface area contributed by atoms with E-state index in [0.717, 1.165) is 4.31 Å². The molecule has 0 aliphatic carbocycles. The van der Waals surface area contributed by atoms with Crippen molar-refractivity contribution in [3.63, 3.8) is 0 Å². The number of nitriles is 2. The fourth-order valence-electron chi connectivity index (χ4n) is 1.36. The molecule has 0 saturated carbocycles. The van der Waals surface area contributed by atoms with Gasteiger partial charge in [0.2, 0.25) is 10.0 Å². The van der Waals surface area contributed by atoms with E-state index in [1.807, 2.05) is 6.07 Å². The molecule has 0 aromatic heterocycles. The highest BCUT2D eigenvalue weighted by Gasteiger charge is 2.25. The molecule has 0 aliphatic heterocycles. The summed E-state index contributed by atoms with van der Waals surface area (Å²) in [5.41, 5.74) is 0.280. The minimum atomic E-state index is -3.80. The largest absolute Gasteiger partial charge is 0.245 e. The molecular weight excluding hydrogens is 274 g/mol. The molecule has 94 valence electrons. The Balaban J connectivity index is 3.30. The average molecular weight is 284 g/mol. The van der Waals surface area contributed by atoms with Crippen LogP contribution in [0.4, 0.5) is 0 Å². The maximum atomic E-state index is 12.2. The molecule has 5 nitrogen and oxygen atoms in total. The zero-order chi connectivity index (χ0) is 13.8. The lowest BCUT2D eigenvalue weighted by Gasteiger charge is -2.17. The summed E-state index contributed by atoms with van der Waals surface area (Å²) in [4.78, 5) is -0.0970. The maximum Gasteiger partial charge on any atom is 0.245 e. The van der Waals surface area contributed by atoms with Crippen molar-refractivity contribution >= 4 is 21.6 Å². The number of nitrogens with zero attached hydrogens (tertiary/aromatic N) is 3. The van der Waals surface area contributed by atoms with Crippen molar-refractivity contribution in [1.82, 2.24) is 4.31 Å². The van der Waals surface area contributed by atoms with Crippen LogP contribution in [0.15, 0.2) is 23.1 Å². The van der Waals surface area contributed by atoms with Crippen molar-refractivity contribution in [1.29, 1.82) is 10.5 Å². The molecular formula is C11H10ClN3O2S. The lowest BCUT2D eigenvalue weighted by molar-refractivity contribution is 0.462. The van der Waals surface area contributed by atoms with Gasteiger partial charge in [0, 0.05) is 6.54 Å². The lowest BCUT2D eigenvalue weighted by atomic mass is 10.2. The molecule has 18 heavy (non-hydrogen) atoms. The monoisotopic (exact) mass is 283 g/mol. The molecule has 0 atom stereocenters. The molecule has 1 aromatic carbocycles. The van der Waals surface area contributed by atoms with E-state index in [9.17, 15) is 8.42 Å². The van der Waals surface area contributed by atoms with Crippen LogP contribution < -0.4 is 0 Å². The highest BCUT2D eigenvalue weighted by atomic mass is 35.5. The van der Waals surface area contributed by atoms with Crippen molar-refractivity contribution in [2.24, 2.45) is 0 Å². The van der Waals surface area contributed by atoms with Crippen molar-refractivity contribution in [2.45, 2.75) is 11.8 Å². The lowest BCUT2D eigenvalue weighted by Crippen LogP contribution is -2.31. The number of benzene rings is 1. The number of sulfonamides is 1. The quantitative estimate of drug-likeness (QED) is 0.788. The number of rotatable bonds is 4. The summed E-state index contributed by atoms with van der Waals surface area (Å²) in [7, 11) is -3.80. The molecule has 0 heterocycles. The second-order valence-corrected chi connectivity index (χ2v) is 5.66. The molecule has 0 bridgehead atoms. The molecule has 0 fully saturated rings. The molecule has 7 heteroatoms. The van der Waals surface area contributed by atoms with E-state index in [1.165, 1.54) is 18.2 Å². The second-order valence-electron chi connectivity index (χ2n) is 3.35. The smallest absolute Gasteiger partial charge is 0.207 e. The van der Waals surface area contributed by atoms with Gasteiger partial charge >= 0.3 is 0 Å². The SMILES string of the molecule is CCN(CC#N)S(=O)(=O)c1ccc(C#N)cc1Cl. The van der Waals surface area contributed by atoms with Crippen LogP contribution in [-0.4, -0.2) is 25.8 Å². The minimum Gasteiger partial charge on any atom is -0.207 e. The highest BCUT2D eigenvalue weighted by Crippen LogP contribution is 2.25. The number of halogens is 1. The van der Waals surface area contributed by atoms with Crippen molar-refractivity contribution in [3.05, 3.63) is 28.8 Å². The van der Waals surface area contributed by atoms with Gasteiger partial charge in [-0.05, 0) is 18.2 Å². The third kappa shape index (κ3) is 2.80. The summed E-state index contributed by atoms with van der Waals surface area (Å²) in [5, 5.41) is 17.3. The van der Waals surface area contributed by atoms with Crippen LogP contribution in [0.3, 0.4) is 0 Å². The third-order valence-electron chi connectivity index (χ3n) is 2.28. The summed E-state index contributed by atoms with van der Waals surface area (Å²) in [6.07, 6.45) is 0. The topological polar surface area (TPSA) is 85.0 Å². The van der Waals surface area contributed by atoms with Crippen molar-refractivity contribution < 1.29 is 8.42 Å². The van der Waals surface area contributed by atoms with Gasteiger partial charge in [-0.3, -0.25) is 0 Å². The standard InChI is InChI=1S/C11H10ClN3O2S/c1-2-15(6-5-13)18(16,17)11-4-3-9(8-14)7-10(11)12/h3-4,7H,2,6H2,1H3. The third-order valence-corrected chi connectivity index (χ3v) is 4.68. The van der Waals surface area contributed by atoms with Gasteiger partial charge in [-0.1, -0.05) is 18.5 Å². The second kappa shape index (κ2) is 5.83. The molecule has 0 amide bonds. The number of hydrogen-bond donors (Lipinski definition) is 0. The van der Waals surface area contributed by atoms with Crippen LogP contribution >= 0.6 is 11.6 Å². The van der Waals surface area contributed by atoms with Gasteiger partial charge in [-0.25, -0.2) is 8.42 Å². The van der Waals surface area contributed by atoms with Crippen LogP contribution in [-0.2, 0) is 10.0 Å². The fourth-order valence-corrected chi connectivity index (χ4v) is 3.23. The van der Waals surface area contributed by atoms with Gasteiger partial charge in [-0.2, -0.15) is 14.8 Å². The molecule has 0 N–H and O–H groups in total. The average Bonchev–Trinajstić information content (AvgIpc) is 2.35. The van der Waals surface area contributed by atoms with Gasteiger partial charge in [-0.15, -0.1) is 0 Å². The zero-order valence-electron chi connectivity index (χ0n) is 9.59. The van der Waals surface area contributed by atoms with Crippen LogP contribution in [0.1, 0.15) is 12.5 Å². The molecule has 0 saturated heterocycles. The normalized spacial score (nSPS) is 10.9. The summed E-state index contributed by atoms with van der Waals surface area (Å²) in [6.45, 7) is 1.56. The van der Waals surface area contributed by atoms with Crippen LogP contribution in [0.25, 0.3) is 0 Å². The molecule has 0 spiro atoms. The summed E-state index contributed by atoms with van der Waals surface area (Å²) >= 11 is 5.85. The van der Waals surface area contributed by atoms with E-state index in [1.54, 1.807) is 13.0 Å². The van der Waals surface area contributed by atoms with E-state index in [0.29, 0.717) is 0 Å². The number of hydrogen-bond acceptors (Lipinski definition) is 4. The first kappa shape index (κ1) is 14.5. The maximum absolute atomic E-state index is 12.2. The van der Waals surface area contributed by atoms with Gasteiger partial charge in [0.1, 0.15) is 11.4 Å². The Morgan fingerprint density at radius 3 is 2.50 bits per heavy atom.